The van der Waals surface area contributed by atoms with Crippen LogP contribution >= 0.6 is 0 Å². The molecule has 1 aromatic carbocycles. The van der Waals surface area contributed by atoms with Crippen LogP contribution in [0.5, 0.6) is 0 Å². The van der Waals surface area contributed by atoms with Gasteiger partial charge in [0.15, 0.2) is 0 Å². The van der Waals surface area contributed by atoms with Crippen LogP contribution in [0.15, 0.2) is 24.3 Å². The van der Waals surface area contributed by atoms with E-state index in [1.807, 2.05) is 13.8 Å². The number of ether oxygens (including phenoxy) is 1. The Labute approximate surface area is 159 Å². The molecule has 1 aliphatic heterocycles. The van der Waals surface area contributed by atoms with Crippen molar-refractivity contribution in [2.24, 2.45) is 11.8 Å². The van der Waals surface area contributed by atoms with E-state index in [4.69, 9.17) is 4.74 Å². The quantitative estimate of drug-likeness (QED) is 0.771. The minimum Gasteiger partial charge on any atom is -0.467 e. The second-order valence-electron chi connectivity index (χ2n) is 7.29. The smallest absolute Gasteiger partial charge is 0.328 e. The lowest BCUT2D eigenvalue weighted by atomic mass is 9.94. The molecule has 1 unspecified atom stereocenters. The zero-order valence-electron chi connectivity index (χ0n) is 16.0. The Balaban J connectivity index is 1.90. The molecule has 7 heteroatoms. The highest BCUT2D eigenvalue weighted by Gasteiger charge is 2.31. The molecule has 0 radical (unpaired) electrons. The summed E-state index contributed by atoms with van der Waals surface area (Å²) in [6.45, 7) is 4.84. The van der Waals surface area contributed by atoms with Crippen LogP contribution in [-0.4, -0.2) is 48.9 Å². The van der Waals surface area contributed by atoms with Crippen LogP contribution in [0.25, 0.3) is 0 Å². The molecule has 1 fully saturated rings. The third kappa shape index (κ3) is 5.77. The van der Waals surface area contributed by atoms with Gasteiger partial charge in [0, 0.05) is 24.6 Å². The highest BCUT2D eigenvalue weighted by atomic mass is 19.1. The van der Waals surface area contributed by atoms with E-state index >= 15 is 0 Å². The Bertz CT molecular complexity index is 667. The molecule has 1 atom stereocenters. The Hall–Kier alpha value is -2.44. The number of esters is 1. The van der Waals surface area contributed by atoms with Gasteiger partial charge in [-0.1, -0.05) is 13.8 Å². The first-order valence-corrected chi connectivity index (χ1v) is 9.24. The zero-order valence-corrected chi connectivity index (χ0v) is 16.0. The van der Waals surface area contributed by atoms with Gasteiger partial charge in [0.25, 0.3) is 5.91 Å². The number of likely N-dealkylation sites (tertiary alicyclic amines) is 1. The number of hydrogen-bond donors (Lipinski definition) is 1. The van der Waals surface area contributed by atoms with Gasteiger partial charge >= 0.3 is 5.97 Å². The zero-order chi connectivity index (χ0) is 20.0. The molecule has 2 rings (SSSR count). The van der Waals surface area contributed by atoms with Gasteiger partial charge in [-0.15, -0.1) is 0 Å². The lowest BCUT2D eigenvalue weighted by molar-refractivity contribution is -0.146. The molecule has 27 heavy (non-hydrogen) atoms. The maximum atomic E-state index is 13.0. The van der Waals surface area contributed by atoms with Crippen molar-refractivity contribution >= 4 is 17.8 Å². The largest absolute Gasteiger partial charge is 0.467 e. The van der Waals surface area contributed by atoms with E-state index in [1.165, 1.54) is 31.4 Å². The van der Waals surface area contributed by atoms with Crippen LogP contribution in [-0.2, 0) is 14.3 Å². The van der Waals surface area contributed by atoms with Crippen molar-refractivity contribution < 1.29 is 23.5 Å². The summed E-state index contributed by atoms with van der Waals surface area (Å²) in [5, 5.41) is 2.79. The van der Waals surface area contributed by atoms with Gasteiger partial charge < -0.3 is 15.0 Å². The normalized spacial score (nSPS) is 16.1. The molecule has 0 bridgehead atoms. The predicted octanol–water partition coefficient (Wildman–Crippen LogP) is 2.38. The summed E-state index contributed by atoms with van der Waals surface area (Å²) in [4.78, 5) is 38.5. The van der Waals surface area contributed by atoms with Gasteiger partial charge in [-0.3, -0.25) is 9.59 Å². The Morgan fingerprint density at radius 2 is 1.78 bits per heavy atom. The topological polar surface area (TPSA) is 75.7 Å². The minimum atomic E-state index is -0.652. The Morgan fingerprint density at radius 1 is 1.19 bits per heavy atom. The fraction of sp³-hybridized carbons (Fsp3) is 0.550. The number of carbonyl (C=O) groups excluding carboxylic acids is 3. The highest BCUT2D eigenvalue weighted by Crippen LogP contribution is 2.20. The van der Waals surface area contributed by atoms with E-state index in [9.17, 15) is 18.8 Å². The first-order chi connectivity index (χ1) is 12.8. The number of methoxy groups -OCH3 is 1. The van der Waals surface area contributed by atoms with Crippen LogP contribution in [0.1, 0.15) is 43.5 Å². The number of rotatable bonds is 6. The summed E-state index contributed by atoms with van der Waals surface area (Å²) in [5.41, 5.74) is 0.432. The van der Waals surface area contributed by atoms with Crippen molar-refractivity contribution in [3.63, 3.8) is 0 Å². The number of nitrogens with zero attached hydrogens (tertiary/aromatic N) is 1. The summed E-state index contributed by atoms with van der Waals surface area (Å²) in [6.07, 6.45) is 1.56. The average molecular weight is 378 g/mol. The van der Waals surface area contributed by atoms with Crippen LogP contribution in [0.3, 0.4) is 0 Å². The second-order valence-corrected chi connectivity index (χ2v) is 7.29. The number of hydrogen-bond acceptors (Lipinski definition) is 4. The number of benzene rings is 1. The number of piperidine rings is 1. The van der Waals surface area contributed by atoms with Crippen molar-refractivity contribution in [3.8, 4) is 0 Å². The molecule has 148 valence electrons. The molecule has 1 heterocycles. The van der Waals surface area contributed by atoms with Crippen LogP contribution < -0.4 is 5.32 Å². The summed E-state index contributed by atoms with van der Waals surface area (Å²) in [5.74, 6) is -1.18. The van der Waals surface area contributed by atoms with E-state index in [0.29, 0.717) is 37.9 Å². The number of carbonyl (C=O) groups is 3. The molecule has 0 saturated carbocycles. The van der Waals surface area contributed by atoms with E-state index in [0.717, 1.165) is 0 Å². The van der Waals surface area contributed by atoms with E-state index in [1.54, 1.807) is 4.90 Å². The Morgan fingerprint density at radius 3 is 2.30 bits per heavy atom. The van der Waals surface area contributed by atoms with Crippen LogP contribution in [0.2, 0.25) is 0 Å². The first kappa shape index (κ1) is 20.9. The van der Waals surface area contributed by atoms with Gasteiger partial charge in [-0.25, -0.2) is 9.18 Å². The van der Waals surface area contributed by atoms with E-state index in [2.05, 4.69) is 5.32 Å². The summed E-state index contributed by atoms with van der Waals surface area (Å²) in [6, 6.07) is 4.79. The van der Waals surface area contributed by atoms with Gasteiger partial charge in [0.2, 0.25) is 5.91 Å². The summed E-state index contributed by atoms with van der Waals surface area (Å²) >= 11 is 0. The monoisotopic (exact) mass is 378 g/mol. The van der Waals surface area contributed by atoms with E-state index in [-0.39, 0.29) is 29.5 Å². The van der Waals surface area contributed by atoms with Crippen molar-refractivity contribution in [3.05, 3.63) is 35.6 Å². The highest BCUT2D eigenvalue weighted by molar-refractivity contribution is 5.94. The standard InChI is InChI=1S/C20H27FN2O4/c1-13(2)12-17(20(26)27-3)22-18(24)14-8-10-23(11-9-14)19(25)15-4-6-16(21)7-5-15/h4-7,13-14,17H,8-12H2,1-3H3,(H,22,24). The van der Waals surface area contributed by atoms with Crippen molar-refractivity contribution in [2.45, 2.75) is 39.2 Å². The molecule has 2 amide bonds. The minimum absolute atomic E-state index is 0.166. The third-order valence-corrected chi connectivity index (χ3v) is 4.75. The molecule has 0 aliphatic carbocycles. The van der Waals surface area contributed by atoms with Crippen LogP contribution in [0.4, 0.5) is 4.39 Å². The number of amides is 2. The molecule has 1 N–H and O–H groups in total. The fourth-order valence-electron chi connectivity index (χ4n) is 3.24. The molecule has 6 nitrogen and oxygen atoms in total. The Kier molecular flexibility index (Phi) is 7.33. The first-order valence-electron chi connectivity index (χ1n) is 9.24. The summed E-state index contributed by atoms with van der Waals surface area (Å²) in [7, 11) is 1.31. The molecular weight excluding hydrogens is 351 g/mol. The maximum absolute atomic E-state index is 13.0. The SMILES string of the molecule is COC(=O)C(CC(C)C)NC(=O)C1CCN(C(=O)c2ccc(F)cc2)CC1. The maximum Gasteiger partial charge on any atom is 0.328 e. The van der Waals surface area contributed by atoms with Gasteiger partial charge in [-0.05, 0) is 49.4 Å². The number of halogens is 1. The fourth-order valence-corrected chi connectivity index (χ4v) is 3.24. The molecule has 1 aliphatic rings. The molecule has 0 aromatic heterocycles. The predicted molar refractivity (Wildman–Crippen MR) is 98.4 cm³/mol. The van der Waals surface area contributed by atoms with Crippen molar-refractivity contribution in [2.75, 3.05) is 20.2 Å². The van der Waals surface area contributed by atoms with Crippen LogP contribution in [0, 0.1) is 17.7 Å². The number of nitrogens with one attached hydrogen (secondary N) is 1. The second kappa shape index (κ2) is 9.48. The van der Waals surface area contributed by atoms with Gasteiger partial charge in [0.05, 0.1) is 7.11 Å². The lowest BCUT2D eigenvalue weighted by Crippen LogP contribution is -2.48. The molecule has 0 spiro atoms. The third-order valence-electron chi connectivity index (χ3n) is 4.75. The van der Waals surface area contributed by atoms with Gasteiger partial charge in [0.1, 0.15) is 11.9 Å². The molecule has 1 aromatic rings. The molecule has 1 saturated heterocycles. The van der Waals surface area contributed by atoms with Crippen molar-refractivity contribution in [1.29, 1.82) is 0 Å². The molecular formula is C20H27FN2O4. The van der Waals surface area contributed by atoms with E-state index < -0.39 is 12.0 Å². The van der Waals surface area contributed by atoms with Gasteiger partial charge in [-0.2, -0.15) is 0 Å². The lowest BCUT2D eigenvalue weighted by Gasteiger charge is -2.32. The van der Waals surface area contributed by atoms with Crippen molar-refractivity contribution in [1.82, 2.24) is 10.2 Å². The summed E-state index contributed by atoms with van der Waals surface area (Å²) < 4.78 is 17.8. The average Bonchev–Trinajstić information content (AvgIpc) is 2.66.